The smallest absolute Gasteiger partial charge is 0.408 e. The van der Waals surface area contributed by atoms with Gasteiger partial charge in [-0.05, 0) is 38.7 Å². The molecule has 0 fully saturated rings. The summed E-state index contributed by atoms with van der Waals surface area (Å²) >= 11 is 0. The molecule has 0 aliphatic rings. The molecule has 5 heteroatoms. The summed E-state index contributed by atoms with van der Waals surface area (Å²) in [6, 6.07) is 8.67. The van der Waals surface area contributed by atoms with Crippen LogP contribution in [0.4, 0.5) is 4.79 Å². The molecule has 128 valence electrons. The van der Waals surface area contributed by atoms with Crippen LogP contribution in [0.2, 0.25) is 0 Å². The number of benzene rings is 1. The normalized spacial score (nSPS) is 12.6. The second-order valence-corrected chi connectivity index (χ2v) is 6.92. The van der Waals surface area contributed by atoms with Crippen LogP contribution in [0.5, 0.6) is 0 Å². The van der Waals surface area contributed by atoms with E-state index in [0.717, 1.165) is 5.56 Å². The molecule has 0 saturated carbocycles. The van der Waals surface area contributed by atoms with E-state index in [0.29, 0.717) is 6.42 Å². The molecule has 0 saturated heterocycles. The van der Waals surface area contributed by atoms with Crippen molar-refractivity contribution in [2.24, 2.45) is 5.92 Å². The molecule has 0 heterocycles. The van der Waals surface area contributed by atoms with Crippen molar-refractivity contribution < 1.29 is 19.1 Å². The van der Waals surface area contributed by atoms with Gasteiger partial charge >= 0.3 is 12.1 Å². The molecule has 0 bridgehead atoms. The third-order valence-electron chi connectivity index (χ3n) is 2.90. The number of esters is 1. The van der Waals surface area contributed by atoms with Crippen LogP contribution in [-0.2, 0) is 20.9 Å². The molecular weight excluding hydrogens is 294 g/mol. The number of nitrogens with one attached hydrogen (secondary N) is 1. The molecule has 1 aromatic carbocycles. The predicted octanol–water partition coefficient (Wildman–Crippen LogP) is 3.67. The van der Waals surface area contributed by atoms with Crippen LogP contribution in [-0.4, -0.2) is 23.7 Å². The van der Waals surface area contributed by atoms with Crippen molar-refractivity contribution in [1.82, 2.24) is 5.32 Å². The van der Waals surface area contributed by atoms with Crippen molar-refractivity contribution >= 4 is 12.1 Å². The van der Waals surface area contributed by atoms with Gasteiger partial charge in [0.25, 0.3) is 0 Å². The molecule has 0 unspecified atom stereocenters. The Bertz CT molecular complexity index is 506. The molecule has 1 atom stereocenters. The Kier molecular flexibility index (Phi) is 7.07. The fourth-order valence-corrected chi connectivity index (χ4v) is 1.97. The number of ether oxygens (including phenoxy) is 2. The van der Waals surface area contributed by atoms with E-state index in [4.69, 9.17) is 9.47 Å². The first-order chi connectivity index (χ1) is 10.7. The Labute approximate surface area is 138 Å². The number of amides is 1. The average Bonchev–Trinajstić information content (AvgIpc) is 2.43. The van der Waals surface area contributed by atoms with E-state index in [9.17, 15) is 9.59 Å². The van der Waals surface area contributed by atoms with Crippen LogP contribution in [0.25, 0.3) is 0 Å². The fraction of sp³-hybridized carbons (Fsp3) is 0.556. The van der Waals surface area contributed by atoms with E-state index in [1.54, 1.807) is 20.8 Å². The zero-order valence-electron chi connectivity index (χ0n) is 14.6. The second kappa shape index (κ2) is 8.56. The lowest BCUT2D eigenvalue weighted by Crippen LogP contribution is -2.45. The number of rotatable bonds is 6. The van der Waals surface area contributed by atoms with E-state index in [1.807, 2.05) is 44.2 Å². The molecule has 1 rings (SSSR count). The lowest BCUT2D eigenvalue weighted by molar-refractivity contribution is -0.157. The van der Waals surface area contributed by atoms with Crippen molar-refractivity contribution in [2.75, 3.05) is 0 Å². The summed E-state index contributed by atoms with van der Waals surface area (Å²) in [7, 11) is 0. The Balaban J connectivity index is 2.58. The second-order valence-electron chi connectivity index (χ2n) is 6.92. The maximum absolute atomic E-state index is 12.2. The van der Waals surface area contributed by atoms with Crippen molar-refractivity contribution in [1.29, 1.82) is 0 Å². The lowest BCUT2D eigenvalue weighted by atomic mass is 10.0. The average molecular weight is 321 g/mol. The van der Waals surface area contributed by atoms with Gasteiger partial charge in [0.2, 0.25) is 0 Å². The molecule has 0 aliphatic carbocycles. The van der Waals surface area contributed by atoms with Crippen molar-refractivity contribution in [3.63, 3.8) is 0 Å². The maximum atomic E-state index is 12.2. The summed E-state index contributed by atoms with van der Waals surface area (Å²) < 4.78 is 10.5. The van der Waals surface area contributed by atoms with E-state index in [-0.39, 0.29) is 12.5 Å². The van der Waals surface area contributed by atoms with E-state index in [1.165, 1.54) is 0 Å². The quantitative estimate of drug-likeness (QED) is 0.812. The summed E-state index contributed by atoms with van der Waals surface area (Å²) in [5.74, 6) is -0.204. The van der Waals surface area contributed by atoms with Gasteiger partial charge in [0.1, 0.15) is 18.2 Å². The zero-order chi connectivity index (χ0) is 17.5. The topological polar surface area (TPSA) is 64.6 Å². The van der Waals surface area contributed by atoms with Crippen LogP contribution in [0.15, 0.2) is 30.3 Å². The van der Waals surface area contributed by atoms with Gasteiger partial charge in [0.05, 0.1) is 0 Å². The van der Waals surface area contributed by atoms with Gasteiger partial charge in [-0.25, -0.2) is 9.59 Å². The van der Waals surface area contributed by atoms with Crippen LogP contribution in [0.3, 0.4) is 0 Å². The van der Waals surface area contributed by atoms with E-state index >= 15 is 0 Å². The van der Waals surface area contributed by atoms with Crippen LogP contribution >= 0.6 is 0 Å². The minimum absolute atomic E-state index is 0.162. The number of carbonyl (C=O) groups is 2. The predicted molar refractivity (Wildman–Crippen MR) is 88.9 cm³/mol. The third-order valence-corrected chi connectivity index (χ3v) is 2.90. The minimum atomic E-state index is -0.711. The van der Waals surface area contributed by atoms with E-state index < -0.39 is 23.7 Å². The molecule has 23 heavy (non-hydrogen) atoms. The van der Waals surface area contributed by atoms with Gasteiger partial charge in [-0.3, -0.25) is 0 Å². The summed E-state index contributed by atoms with van der Waals surface area (Å²) in [5.41, 5.74) is 0.294. The summed E-state index contributed by atoms with van der Waals surface area (Å²) in [4.78, 5) is 24.1. The summed E-state index contributed by atoms with van der Waals surface area (Å²) in [5, 5.41) is 2.61. The highest BCUT2D eigenvalue weighted by atomic mass is 16.6. The van der Waals surface area contributed by atoms with E-state index in [2.05, 4.69) is 5.32 Å². The van der Waals surface area contributed by atoms with Crippen molar-refractivity contribution in [3.8, 4) is 0 Å². The molecule has 0 aliphatic heterocycles. The van der Waals surface area contributed by atoms with Gasteiger partial charge < -0.3 is 14.8 Å². The van der Waals surface area contributed by atoms with Gasteiger partial charge in [0.15, 0.2) is 0 Å². The Morgan fingerprint density at radius 2 is 1.74 bits per heavy atom. The molecule has 0 spiro atoms. The molecule has 0 aromatic heterocycles. The van der Waals surface area contributed by atoms with Gasteiger partial charge in [-0.15, -0.1) is 0 Å². The van der Waals surface area contributed by atoms with Crippen LogP contribution in [0.1, 0.15) is 46.6 Å². The standard InChI is InChI=1S/C18H27NO4/c1-13(2)11-15(16(20)23-18(3,4)5)19-17(21)22-12-14-9-7-6-8-10-14/h6-10,13,15H,11-12H2,1-5H3,(H,19,21)/t15-/m0/s1. The molecule has 1 amide bonds. The minimum Gasteiger partial charge on any atom is -0.458 e. The number of hydrogen-bond donors (Lipinski definition) is 1. The first kappa shape index (κ1) is 19.0. The van der Waals surface area contributed by atoms with Crippen LogP contribution in [0, 0.1) is 5.92 Å². The Hall–Kier alpha value is -2.04. The Morgan fingerprint density at radius 3 is 2.26 bits per heavy atom. The highest BCUT2D eigenvalue weighted by Gasteiger charge is 2.27. The third kappa shape index (κ3) is 8.24. The summed E-state index contributed by atoms with van der Waals surface area (Å²) in [6.07, 6.45) is -0.125. The zero-order valence-corrected chi connectivity index (χ0v) is 14.6. The van der Waals surface area contributed by atoms with Gasteiger partial charge in [0, 0.05) is 0 Å². The molecule has 1 aromatic rings. The lowest BCUT2D eigenvalue weighted by Gasteiger charge is -2.25. The Morgan fingerprint density at radius 1 is 1.13 bits per heavy atom. The maximum Gasteiger partial charge on any atom is 0.408 e. The largest absolute Gasteiger partial charge is 0.458 e. The molecular formula is C18H27NO4. The molecule has 5 nitrogen and oxygen atoms in total. The summed E-state index contributed by atoms with van der Waals surface area (Å²) in [6.45, 7) is 9.51. The van der Waals surface area contributed by atoms with Gasteiger partial charge in [-0.1, -0.05) is 44.2 Å². The first-order valence-electron chi connectivity index (χ1n) is 7.87. The van der Waals surface area contributed by atoms with Gasteiger partial charge in [-0.2, -0.15) is 0 Å². The highest BCUT2D eigenvalue weighted by molar-refractivity contribution is 5.81. The molecule has 1 N–H and O–H groups in total. The number of hydrogen-bond acceptors (Lipinski definition) is 4. The number of alkyl carbamates (subject to hydrolysis) is 1. The SMILES string of the molecule is CC(C)C[C@H](NC(=O)OCc1ccccc1)C(=O)OC(C)(C)C. The number of carbonyl (C=O) groups excluding carboxylic acids is 2. The monoisotopic (exact) mass is 321 g/mol. The fourth-order valence-electron chi connectivity index (χ4n) is 1.97. The highest BCUT2D eigenvalue weighted by Crippen LogP contribution is 2.13. The van der Waals surface area contributed by atoms with Crippen molar-refractivity contribution in [3.05, 3.63) is 35.9 Å². The van der Waals surface area contributed by atoms with Crippen molar-refractivity contribution in [2.45, 2.75) is 59.3 Å². The first-order valence-corrected chi connectivity index (χ1v) is 7.87. The van der Waals surface area contributed by atoms with Crippen LogP contribution < -0.4 is 5.32 Å². The molecule has 0 radical (unpaired) electrons.